The van der Waals surface area contributed by atoms with Crippen molar-refractivity contribution in [1.82, 2.24) is 10.2 Å². The van der Waals surface area contributed by atoms with Gasteiger partial charge in [-0.1, -0.05) is 0 Å². The first kappa shape index (κ1) is 13.2. The van der Waals surface area contributed by atoms with Crippen LogP contribution >= 0.6 is 0 Å². The van der Waals surface area contributed by atoms with Crippen molar-refractivity contribution in [3.8, 4) is 0 Å². The van der Waals surface area contributed by atoms with Gasteiger partial charge >= 0.3 is 6.18 Å². The normalized spacial score (nSPS) is 22.2. The molecule has 7 heteroatoms. The minimum Gasteiger partial charge on any atom is -0.391 e. The van der Waals surface area contributed by atoms with E-state index in [4.69, 9.17) is 0 Å². The maximum atomic E-state index is 11.8. The Bertz CT molecular complexity index is 245. The number of hydrogen-bond donors (Lipinski definition) is 2. The van der Waals surface area contributed by atoms with Crippen LogP contribution in [0.15, 0.2) is 0 Å². The molecule has 1 heterocycles. The van der Waals surface area contributed by atoms with E-state index >= 15 is 0 Å². The molecule has 1 fully saturated rings. The van der Waals surface area contributed by atoms with Gasteiger partial charge in [0.15, 0.2) is 0 Å². The molecule has 2 N–H and O–H groups in total. The number of halogens is 3. The predicted octanol–water partition coefficient (Wildman–Crippen LogP) is 0.122. The van der Waals surface area contributed by atoms with Gasteiger partial charge in [-0.15, -0.1) is 0 Å². The van der Waals surface area contributed by atoms with Crippen LogP contribution in [0, 0.1) is 0 Å². The number of carbonyl (C=O) groups excluding carboxylic acids is 1. The molecule has 1 aliphatic heterocycles. The number of nitrogens with zero attached hydrogens (tertiary/aromatic N) is 1. The zero-order valence-electron chi connectivity index (χ0n) is 8.76. The van der Waals surface area contributed by atoms with Crippen molar-refractivity contribution in [2.75, 3.05) is 26.2 Å². The van der Waals surface area contributed by atoms with Crippen LogP contribution in [0.3, 0.4) is 0 Å². The summed E-state index contributed by atoms with van der Waals surface area (Å²) in [5.41, 5.74) is 0. The van der Waals surface area contributed by atoms with Crippen LogP contribution in [-0.4, -0.2) is 54.4 Å². The van der Waals surface area contributed by atoms with Gasteiger partial charge in [0.2, 0.25) is 5.91 Å². The zero-order valence-corrected chi connectivity index (χ0v) is 8.76. The second-order valence-corrected chi connectivity index (χ2v) is 3.85. The zero-order chi connectivity index (χ0) is 12.2. The SMILES string of the molecule is O=C(CNCC(F)(F)F)N1CCCC(O)C1. The molecule has 0 bridgehead atoms. The Labute approximate surface area is 91.4 Å². The number of likely N-dealkylation sites (tertiary alicyclic amines) is 1. The van der Waals surface area contributed by atoms with Gasteiger partial charge in [-0.25, -0.2) is 0 Å². The molecular formula is C9H15F3N2O2. The Morgan fingerprint density at radius 1 is 1.50 bits per heavy atom. The van der Waals surface area contributed by atoms with E-state index in [0.717, 1.165) is 0 Å². The summed E-state index contributed by atoms with van der Waals surface area (Å²) in [5, 5.41) is 11.3. The number of hydrogen-bond acceptors (Lipinski definition) is 3. The Morgan fingerprint density at radius 3 is 2.75 bits per heavy atom. The lowest BCUT2D eigenvalue weighted by atomic mass is 10.1. The summed E-state index contributed by atoms with van der Waals surface area (Å²) in [6.45, 7) is -0.794. The van der Waals surface area contributed by atoms with Gasteiger partial charge in [0.05, 0.1) is 19.2 Å². The van der Waals surface area contributed by atoms with Crippen molar-refractivity contribution in [2.24, 2.45) is 0 Å². The number of aliphatic hydroxyl groups is 1. The van der Waals surface area contributed by atoms with Crippen LogP contribution < -0.4 is 5.32 Å². The highest BCUT2D eigenvalue weighted by Crippen LogP contribution is 2.12. The highest BCUT2D eigenvalue weighted by molar-refractivity contribution is 5.78. The lowest BCUT2D eigenvalue weighted by Crippen LogP contribution is -2.46. The summed E-state index contributed by atoms with van der Waals surface area (Å²) in [5.74, 6) is -0.400. The fourth-order valence-corrected chi connectivity index (χ4v) is 1.60. The van der Waals surface area contributed by atoms with E-state index in [2.05, 4.69) is 0 Å². The molecular weight excluding hydrogens is 225 g/mol. The van der Waals surface area contributed by atoms with Gasteiger partial charge in [0.1, 0.15) is 0 Å². The molecule has 0 aromatic rings. The predicted molar refractivity (Wildman–Crippen MR) is 50.7 cm³/mol. The Hall–Kier alpha value is -0.820. The third-order valence-electron chi connectivity index (χ3n) is 2.35. The van der Waals surface area contributed by atoms with Crippen LogP contribution in [0.25, 0.3) is 0 Å². The van der Waals surface area contributed by atoms with Crippen molar-refractivity contribution in [3.05, 3.63) is 0 Å². The smallest absolute Gasteiger partial charge is 0.391 e. The van der Waals surface area contributed by atoms with Crippen LogP contribution in [0.4, 0.5) is 13.2 Å². The summed E-state index contributed by atoms with van der Waals surface area (Å²) < 4.78 is 35.3. The maximum Gasteiger partial charge on any atom is 0.401 e. The molecule has 0 saturated carbocycles. The molecule has 1 saturated heterocycles. The first-order valence-electron chi connectivity index (χ1n) is 5.12. The standard InChI is InChI=1S/C9H15F3N2O2/c10-9(11,12)6-13-4-8(16)14-3-1-2-7(15)5-14/h7,13,15H,1-6H2. The number of amides is 1. The third-order valence-corrected chi connectivity index (χ3v) is 2.35. The van der Waals surface area contributed by atoms with Crippen molar-refractivity contribution in [2.45, 2.75) is 25.1 Å². The molecule has 16 heavy (non-hydrogen) atoms. The molecule has 0 aliphatic carbocycles. The van der Waals surface area contributed by atoms with E-state index in [1.165, 1.54) is 4.90 Å². The third kappa shape index (κ3) is 4.80. The van der Waals surface area contributed by atoms with Crippen LogP contribution in [0.5, 0.6) is 0 Å². The highest BCUT2D eigenvalue weighted by atomic mass is 19.4. The molecule has 0 radical (unpaired) electrons. The Balaban J connectivity index is 2.24. The van der Waals surface area contributed by atoms with Crippen molar-refractivity contribution in [3.63, 3.8) is 0 Å². The lowest BCUT2D eigenvalue weighted by Gasteiger charge is -2.30. The van der Waals surface area contributed by atoms with Gasteiger partial charge in [-0.05, 0) is 12.8 Å². The average molecular weight is 240 g/mol. The summed E-state index contributed by atoms with van der Waals surface area (Å²) in [4.78, 5) is 12.8. The Morgan fingerprint density at radius 2 is 2.19 bits per heavy atom. The molecule has 0 aromatic carbocycles. The fraction of sp³-hybridized carbons (Fsp3) is 0.889. The highest BCUT2D eigenvalue weighted by Gasteiger charge is 2.27. The fourth-order valence-electron chi connectivity index (χ4n) is 1.60. The number of nitrogens with one attached hydrogen (secondary N) is 1. The van der Waals surface area contributed by atoms with Gasteiger partial charge in [-0.2, -0.15) is 13.2 Å². The lowest BCUT2D eigenvalue weighted by molar-refractivity contribution is -0.136. The topological polar surface area (TPSA) is 52.6 Å². The van der Waals surface area contributed by atoms with Crippen LogP contribution in [-0.2, 0) is 4.79 Å². The summed E-state index contributed by atoms with van der Waals surface area (Å²) in [6.07, 6.45) is -3.53. The number of alkyl halides is 3. The van der Waals surface area contributed by atoms with Crippen molar-refractivity contribution < 1.29 is 23.1 Å². The summed E-state index contributed by atoms with van der Waals surface area (Å²) in [6, 6.07) is 0. The largest absolute Gasteiger partial charge is 0.401 e. The van der Waals surface area contributed by atoms with E-state index in [1.807, 2.05) is 5.32 Å². The van der Waals surface area contributed by atoms with Gasteiger partial charge in [-0.3, -0.25) is 4.79 Å². The summed E-state index contributed by atoms with van der Waals surface area (Å²) in [7, 11) is 0. The van der Waals surface area contributed by atoms with Gasteiger partial charge in [0.25, 0.3) is 0 Å². The molecule has 0 spiro atoms. The molecule has 94 valence electrons. The van der Waals surface area contributed by atoms with Crippen LogP contribution in [0.2, 0.25) is 0 Å². The maximum absolute atomic E-state index is 11.8. The number of aliphatic hydroxyl groups excluding tert-OH is 1. The minimum absolute atomic E-state index is 0.215. The van der Waals surface area contributed by atoms with Crippen molar-refractivity contribution >= 4 is 5.91 Å². The van der Waals surface area contributed by atoms with E-state index < -0.39 is 24.7 Å². The molecule has 1 unspecified atom stereocenters. The number of carbonyl (C=O) groups is 1. The number of piperidine rings is 1. The molecule has 1 atom stereocenters. The monoisotopic (exact) mass is 240 g/mol. The van der Waals surface area contributed by atoms with E-state index in [-0.39, 0.29) is 13.1 Å². The summed E-state index contributed by atoms with van der Waals surface area (Å²) >= 11 is 0. The molecule has 4 nitrogen and oxygen atoms in total. The van der Waals surface area contributed by atoms with Crippen molar-refractivity contribution in [1.29, 1.82) is 0 Å². The quantitative estimate of drug-likeness (QED) is 0.737. The second kappa shape index (κ2) is 5.49. The van der Waals surface area contributed by atoms with E-state index in [0.29, 0.717) is 19.4 Å². The average Bonchev–Trinajstić information content (AvgIpc) is 2.15. The number of rotatable bonds is 3. The molecule has 1 rings (SSSR count). The van der Waals surface area contributed by atoms with E-state index in [1.54, 1.807) is 0 Å². The molecule has 0 aromatic heterocycles. The minimum atomic E-state index is -4.30. The Kier molecular flexibility index (Phi) is 4.55. The molecule has 1 aliphatic rings. The molecule has 1 amide bonds. The van der Waals surface area contributed by atoms with E-state index in [9.17, 15) is 23.1 Å². The van der Waals surface area contributed by atoms with Gasteiger partial charge in [0, 0.05) is 13.1 Å². The number of β-amino-alcohol motifs (C(OH)–C–C–N with tert-alkyl or cyclic N) is 1. The second-order valence-electron chi connectivity index (χ2n) is 3.85. The van der Waals surface area contributed by atoms with Crippen LogP contribution in [0.1, 0.15) is 12.8 Å². The van der Waals surface area contributed by atoms with Gasteiger partial charge < -0.3 is 15.3 Å². The first-order valence-corrected chi connectivity index (χ1v) is 5.12. The first-order chi connectivity index (χ1) is 7.38.